The maximum absolute atomic E-state index is 13.2. The maximum Gasteiger partial charge on any atom is 0.256 e. The lowest BCUT2D eigenvalue weighted by atomic mass is 10.1. The molecule has 9 nitrogen and oxygen atoms in total. The number of aryl methyl sites for hydroxylation is 1. The molecule has 3 N–H and O–H groups in total. The molecule has 0 aliphatic carbocycles. The second kappa shape index (κ2) is 11.0. The van der Waals surface area contributed by atoms with Gasteiger partial charge >= 0.3 is 0 Å². The van der Waals surface area contributed by atoms with Gasteiger partial charge in [-0.25, -0.2) is 8.42 Å². The smallest absolute Gasteiger partial charge is 0.256 e. The third kappa shape index (κ3) is 5.62. The minimum Gasteiger partial charge on any atom is -0.395 e. The van der Waals surface area contributed by atoms with Crippen LogP contribution in [0, 0.1) is 6.92 Å². The SMILES string of the molecule is Cc1ccc(NC(=O)c2cccc(S(=O)(=O)N3CCCCC3CO)c2)cc1C(=O)Nc1cccnc1. The van der Waals surface area contributed by atoms with Crippen molar-refractivity contribution in [3.05, 3.63) is 83.7 Å². The van der Waals surface area contributed by atoms with Crippen LogP contribution >= 0.6 is 0 Å². The molecule has 1 aliphatic rings. The van der Waals surface area contributed by atoms with E-state index in [4.69, 9.17) is 0 Å². The highest BCUT2D eigenvalue weighted by atomic mass is 32.2. The van der Waals surface area contributed by atoms with Gasteiger partial charge < -0.3 is 15.7 Å². The number of sulfonamides is 1. The number of benzene rings is 2. The summed E-state index contributed by atoms with van der Waals surface area (Å²) in [6.07, 6.45) is 5.32. The molecule has 2 heterocycles. The minimum absolute atomic E-state index is 0.00376. The molecule has 4 rings (SSSR count). The second-order valence-electron chi connectivity index (χ2n) is 8.66. The Balaban J connectivity index is 1.53. The molecule has 0 saturated carbocycles. The van der Waals surface area contributed by atoms with Crippen LogP contribution in [0.1, 0.15) is 45.5 Å². The molecule has 0 radical (unpaired) electrons. The number of rotatable bonds is 7. The molecule has 3 aromatic rings. The predicted octanol–water partition coefficient (Wildman–Crippen LogP) is 3.43. The van der Waals surface area contributed by atoms with E-state index in [2.05, 4.69) is 15.6 Å². The van der Waals surface area contributed by atoms with Crippen molar-refractivity contribution in [2.24, 2.45) is 0 Å². The van der Waals surface area contributed by atoms with Crippen LogP contribution in [-0.2, 0) is 10.0 Å². The monoisotopic (exact) mass is 508 g/mol. The molecule has 1 aliphatic heterocycles. The molecule has 2 amide bonds. The Morgan fingerprint density at radius 1 is 1.03 bits per heavy atom. The zero-order valence-corrected chi connectivity index (χ0v) is 20.7. The fraction of sp³-hybridized carbons (Fsp3) is 0.269. The Labute approximate surface area is 210 Å². The van der Waals surface area contributed by atoms with Crippen molar-refractivity contribution in [1.82, 2.24) is 9.29 Å². The first-order chi connectivity index (χ1) is 17.3. The predicted molar refractivity (Wildman–Crippen MR) is 136 cm³/mol. The number of aromatic nitrogens is 1. The lowest BCUT2D eigenvalue weighted by molar-refractivity contribution is 0.101. The minimum atomic E-state index is -3.87. The molecule has 1 unspecified atom stereocenters. The van der Waals surface area contributed by atoms with Gasteiger partial charge in [-0.05, 0) is 67.8 Å². The summed E-state index contributed by atoms with van der Waals surface area (Å²) in [7, 11) is -3.87. The molecule has 0 spiro atoms. The van der Waals surface area contributed by atoms with Crippen LogP contribution in [0.5, 0.6) is 0 Å². The number of nitrogens with zero attached hydrogens (tertiary/aromatic N) is 2. The molecular weight excluding hydrogens is 480 g/mol. The molecule has 0 bridgehead atoms. The van der Waals surface area contributed by atoms with Crippen molar-refractivity contribution in [1.29, 1.82) is 0 Å². The Morgan fingerprint density at radius 2 is 1.83 bits per heavy atom. The van der Waals surface area contributed by atoms with Gasteiger partial charge in [-0.3, -0.25) is 14.6 Å². The van der Waals surface area contributed by atoms with Gasteiger partial charge in [0.1, 0.15) is 0 Å². The number of amides is 2. The van der Waals surface area contributed by atoms with E-state index in [-0.39, 0.29) is 23.0 Å². The first-order valence-electron chi connectivity index (χ1n) is 11.7. The number of aliphatic hydroxyl groups excluding tert-OH is 1. The summed E-state index contributed by atoms with van der Waals surface area (Å²) in [5.74, 6) is -0.850. The Hall–Kier alpha value is -3.60. The second-order valence-corrected chi connectivity index (χ2v) is 10.5. The summed E-state index contributed by atoms with van der Waals surface area (Å²) in [5, 5.41) is 15.2. The topological polar surface area (TPSA) is 129 Å². The van der Waals surface area contributed by atoms with E-state index in [9.17, 15) is 23.1 Å². The molecule has 188 valence electrons. The quantitative estimate of drug-likeness (QED) is 0.449. The summed E-state index contributed by atoms with van der Waals surface area (Å²) in [5.41, 5.74) is 2.21. The van der Waals surface area contributed by atoms with Gasteiger partial charge in [-0.15, -0.1) is 0 Å². The highest BCUT2D eigenvalue weighted by Gasteiger charge is 2.33. The number of nitrogens with one attached hydrogen (secondary N) is 2. The fourth-order valence-corrected chi connectivity index (χ4v) is 5.92. The number of anilines is 2. The molecule has 1 fully saturated rings. The van der Waals surface area contributed by atoms with Gasteiger partial charge in [0, 0.05) is 35.6 Å². The number of pyridine rings is 1. The number of aliphatic hydroxyl groups is 1. The van der Waals surface area contributed by atoms with Gasteiger partial charge in [0.2, 0.25) is 10.0 Å². The number of piperidine rings is 1. The summed E-state index contributed by atoms with van der Waals surface area (Å²) in [4.78, 5) is 29.7. The molecule has 1 saturated heterocycles. The fourth-order valence-electron chi connectivity index (χ4n) is 4.19. The largest absolute Gasteiger partial charge is 0.395 e. The zero-order valence-electron chi connectivity index (χ0n) is 19.8. The average molecular weight is 509 g/mol. The van der Waals surface area contributed by atoms with Crippen LogP contribution in [-0.4, -0.2) is 53.8 Å². The van der Waals surface area contributed by atoms with E-state index in [1.165, 1.54) is 34.8 Å². The van der Waals surface area contributed by atoms with E-state index >= 15 is 0 Å². The molecule has 1 aromatic heterocycles. The van der Waals surface area contributed by atoms with Gasteiger partial charge in [0.25, 0.3) is 11.8 Å². The van der Waals surface area contributed by atoms with Crippen LogP contribution in [0.4, 0.5) is 11.4 Å². The van der Waals surface area contributed by atoms with Crippen LogP contribution in [0.2, 0.25) is 0 Å². The normalized spacial score (nSPS) is 16.3. The first-order valence-corrected chi connectivity index (χ1v) is 13.1. The van der Waals surface area contributed by atoms with Gasteiger partial charge in [0.15, 0.2) is 0 Å². The lowest BCUT2D eigenvalue weighted by Gasteiger charge is -2.33. The standard InChI is InChI=1S/C26H28N4O5S/c1-18-10-11-20(15-24(18)26(33)29-21-7-5-12-27-16-21)28-25(32)19-6-4-9-23(14-19)36(34,35)30-13-3-2-8-22(30)17-31/h4-7,9-12,14-16,22,31H,2-3,8,13,17H2,1H3,(H,28,32)(H,29,33). The molecule has 2 aromatic carbocycles. The highest BCUT2D eigenvalue weighted by Crippen LogP contribution is 2.26. The van der Waals surface area contributed by atoms with Crippen molar-refractivity contribution < 1.29 is 23.1 Å². The van der Waals surface area contributed by atoms with Crippen LogP contribution in [0.25, 0.3) is 0 Å². The average Bonchev–Trinajstić information content (AvgIpc) is 2.90. The summed E-state index contributed by atoms with van der Waals surface area (Å²) >= 11 is 0. The lowest BCUT2D eigenvalue weighted by Crippen LogP contribution is -2.45. The van der Waals surface area contributed by atoms with Crippen LogP contribution in [0.15, 0.2) is 71.9 Å². The van der Waals surface area contributed by atoms with Crippen molar-refractivity contribution in [3.63, 3.8) is 0 Å². The number of hydrogen-bond donors (Lipinski definition) is 3. The van der Waals surface area contributed by atoms with Crippen molar-refractivity contribution in [3.8, 4) is 0 Å². The van der Waals surface area contributed by atoms with E-state index in [1.54, 1.807) is 43.5 Å². The third-order valence-electron chi connectivity index (χ3n) is 6.15. The highest BCUT2D eigenvalue weighted by molar-refractivity contribution is 7.89. The number of carbonyl (C=O) groups excluding carboxylic acids is 2. The van der Waals surface area contributed by atoms with E-state index in [1.807, 2.05) is 0 Å². The van der Waals surface area contributed by atoms with Gasteiger partial charge in [-0.1, -0.05) is 18.6 Å². The Kier molecular flexibility index (Phi) is 7.78. The molecule has 1 atom stereocenters. The summed E-state index contributed by atoms with van der Waals surface area (Å²) < 4.78 is 27.8. The van der Waals surface area contributed by atoms with Crippen LogP contribution < -0.4 is 10.6 Å². The summed E-state index contributed by atoms with van der Waals surface area (Å²) in [6.45, 7) is 1.87. The van der Waals surface area contributed by atoms with Crippen molar-refractivity contribution >= 4 is 33.2 Å². The Morgan fingerprint density at radius 3 is 2.58 bits per heavy atom. The summed E-state index contributed by atoms with van der Waals surface area (Å²) in [6, 6.07) is 13.8. The zero-order chi connectivity index (χ0) is 25.7. The third-order valence-corrected chi connectivity index (χ3v) is 8.09. The van der Waals surface area contributed by atoms with Crippen molar-refractivity contribution in [2.45, 2.75) is 37.1 Å². The number of carbonyl (C=O) groups is 2. The molecular formula is C26H28N4O5S. The molecule has 10 heteroatoms. The van der Waals surface area contributed by atoms with Gasteiger partial charge in [-0.2, -0.15) is 4.31 Å². The van der Waals surface area contributed by atoms with E-state index in [0.717, 1.165) is 18.4 Å². The number of hydrogen-bond acceptors (Lipinski definition) is 6. The van der Waals surface area contributed by atoms with E-state index in [0.29, 0.717) is 29.9 Å². The Bertz CT molecular complexity index is 1360. The molecule has 36 heavy (non-hydrogen) atoms. The maximum atomic E-state index is 13.2. The van der Waals surface area contributed by atoms with Gasteiger partial charge in [0.05, 0.1) is 23.4 Å². The van der Waals surface area contributed by atoms with Crippen LogP contribution in [0.3, 0.4) is 0 Å². The first kappa shape index (κ1) is 25.5. The van der Waals surface area contributed by atoms with E-state index < -0.39 is 22.0 Å². The van der Waals surface area contributed by atoms with Crippen molar-refractivity contribution in [2.75, 3.05) is 23.8 Å².